The molecule has 0 unspecified atom stereocenters. The maximum atomic E-state index is 12.8. The highest BCUT2D eigenvalue weighted by molar-refractivity contribution is 9.10. The van der Waals surface area contributed by atoms with Crippen LogP contribution in [0.5, 0.6) is 0 Å². The van der Waals surface area contributed by atoms with Crippen molar-refractivity contribution in [1.29, 1.82) is 0 Å². The van der Waals surface area contributed by atoms with Crippen LogP contribution in [-0.2, 0) is 0 Å². The maximum Gasteiger partial charge on any atom is 0.274 e. The van der Waals surface area contributed by atoms with E-state index in [-0.39, 0.29) is 15.8 Å². The molecule has 0 aromatic heterocycles. The fourth-order valence-electron chi connectivity index (χ4n) is 0.701. The maximum absolute atomic E-state index is 12.8. The standard InChI is InChI=1S/C6H4BrFN2O2/c7-6-4(8)1-3(10(11)12)2-5(6)9/h1-2H,9H2. The minimum absolute atomic E-state index is 0.0155. The number of halogens is 2. The molecule has 0 aliphatic heterocycles. The summed E-state index contributed by atoms with van der Waals surface area (Å²) in [6, 6.07) is 1.90. The predicted octanol–water partition coefficient (Wildman–Crippen LogP) is 2.08. The first-order valence-corrected chi connectivity index (χ1v) is 3.70. The number of nitrogens with two attached hydrogens (primary N) is 1. The van der Waals surface area contributed by atoms with Crippen molar-refractivity contribution in [3.8, 4) is 0 Å². The summed E-state index contributed by atoms with van der Waals surface area (Å²) in [5.41, 5.74) is 4.93. The van der Waals surface area contributed by atoms with Crippen molar-refractivity contribution in [2.24, 2.45) is 0 Å². The Kier molecular flexibility index (Phi) is 2.27. The lowest BCUT2D eigenvalue weighted by Crippen LogP contribution is -1.94. The monoisotopic (exact) mass is 234 g/mol. The number of hydrogen-bond acceptors (Lipinski definition) is 3. The Bertz CT molecular complexity index is 319. The van der Waals surface area contributed by atoms with Gasteiger partial charge in [0.2, 0.25) is 0 Å². The lowest BCUT2D eigenvalue weighted by molar-refractivity contribution is -0.385. The van der Waals surface area contributed by atoms with Crippen LogP contribution in [0.25, 0.3) is 0 Å². The van der Waals surface area contributed by atoms with Crippen LogP contribution in [0, 0.1) is 15.9 Å². The third-order valence-corrected chi connectivity index (χ3v) is 2.09. The molecule has 0 fully saturated rings. The van der Waals surface area contributed by atoms with E-state index in [2.05, 4.69) is 15.9 Å². The second kappa shape index (κ2) is 3.06. The average molecular weight is 235 g/mol. The largest absolute Gasteiger partial charge is 0.398 e. The molecule has 1 aromatic rings. The van der Waals surface area contributed by atoms with E-state index in [0.29, 0.717) is 0 Å². The van der Waals surface area contributed by atoms with E-state index in [4.69, 9.17) is 5.73 Å². The molecular formula is C6H4BrFN2O2. The Labute approximate surface area is 75.5 Å². The Hall–Kier alpha value is -1.17. The quantitative estimate of drug-likeness (QED) is 0.460. The van der Waals surface area contributed by atoms with Gasteiger partial charge in [0.25, 0.3) is 5.69 Å². The summed E-state index contributed by atoms with van der Waals surface area (Å²) < 4.78 is 12.8. The van der Waals surface area contributed by atoms with Crippen molar-refractivity contribution < 1.29 is 9.31 Å². The van der Waals surface area contributed by atoms with Crippen molar-refractivity contribution in [3.05, 3.63) is 32.5 Å². The Morgan fingerprint density at radius 1 is 1.58 bits per heavy atom. The van der Waals surface area contributed by atoms with Crippen LogP contribution in [0.4, 0.5) is 15.8 Å². The number of nitrogen functional groups attached to an aromatic ring is 1. The van der Waals surface area contributed by atoms with Crippen molar-refractivity contribution >= 4 is 27.3 Å². The summed E-state index contributed by atoms with van der Waals surface area (Å²) in [6.07, 6.45) is 0. The van der Waals surface area contributed by atoms with Gasteiger partial charge in [0.1, 0.15) is 5.82 Å². The molecule has 0 amide bonds. The molecule has 0 radical (unpaired) electrons. The highest BCUT2D eigenvalue weighted by Crippen LogP contribution is 2.27. The fourth-order valence-corrected chi connectivity index (χ4v) is 0.930. The molecule has 4 nitrogen and oxygen atoms in total. The lowest BCUT2D eigenvalue weighted by Gasteiger charge is -1.98. The summed E-state index contributed by atoms with van der Waals surface area (Å²) in [7, 11) is 0. The molecule has 0 heterocycles. The Morgan fingerprint density at radius 3 is 2.58 bits per heavy atom. The summed E-state index contributed by atoms with van der Waals surface area (Å²) in [5.74, 6) is -0.735. The van der Waals surface area contributed by atoms with Gasteiger partial charge in [-0.2, -0.15) is 0 Å². The SMILES string of the molecule is Nc1cc([N+](=O)[O-])cc(F)c1Br. The number of hydrogen-bond donors (Lipinski definition) is 1. The molecule has 0 atom stereocenters. The van der Waals surface area contributed by atoms with E-state index >= 15 is 0 Å². The van der Waals surface area contributed by atoms with Gasteiger partial charge >= 0.3 is 0 Å². The number of rotatable bonds is 1. The Balaban J connectivity index is 3.31. The zero-order chi connectivity index (χ0) is 9.30. The zero-order valence-electron chi connectivity index (χ0n) is 5.75. The third kappa shape index (κ3) is 1.53. The van der Waals surface area contributed by atoms with Crippen LogP contribution in [0.3, 0.4) is 0 Å². The van der Waals surface area contributed by atoms with Crippen LogP contribution in [-0.4, -0.2) is 4.92 Å². The van der Waals surface area contributed by atoms with Gasteiger partial charge in [-0.05, 0) is 15.9 Å². The molecule has 6 heteroatoms. The zero-order valence-corrected chi connectivity index (χ0v) is 7.34. The second-order valence-corrected chi connectivity index (χ2v) is 2.88. The van der Waals surface area contributed by atoms with Crippen molar-refractivity contribution in [3.63, 3.8) is 0 Å². The number of nitro groups is 1. The van der Waals surface area contributed by atoms with Gasteiger partial charge in [-0.3, -0.25) is 10.1 Å². The van der Waals surface area contributed by atoms with Gasteiger partial charge < -0.3 is 5.73 Å². The number of nitrogens with zero attached hydrogens (tertiary/aromatic N) is 1. The molecule has 2 N–H and O–H groups in total. The van der Waals surface area contributed by atoms with E-state index in [0.717, 1.165) is 12.1 Å². The van der Waals surface area contributed by atoms with Gasteiger partial charge in [-0.25, -0.2) is 4.39 Å². The number of anilines is 1. The van der Waals surface area contributed by atoms with E-state index in [1.807, 2.05) is 0 Å². The molecule has 0 bridgehead atoms. The van der Waals surface area contributed by atoms with Gasteiger partial charge in [0.15, 0.2) is 0 Å². The highest BCUT2D eigenvalue weighted by Gasteiger charge is 2.12. The molecule has 0 spiro atoms. The first kappa shape index (κ1) is 8.92. The molecule has 0 saturated carbocycles. The molecule has 0 aliphatic rings. The molecule has 64 valence electrons. The van der Waals surface area contributed by atoms with Crippen LogP contribution in [0.2, 0.25) is 0 Å². The Morgan fingerprint density at radius 2 is 2.17 bits per heavy atom. The molecule has 12 heavy (non-hydrogen) atoms. The first-order chi connectivity index (χ1) is 5.52. The third-order valence-electron chi connectivity index (χ3n) is 1.25. The molecule has 1 rings (SSSR count). The average Bonchev–Trinajstić information content (AvgIpc) is 1.99. The predicted molar refractivity (Wildman–Crippen MR) is 45.2 cm³/mol. The van der Waals surface area contributed by atoms with Crippen LogP contribution in [0.1, 0.15) is 0 Å². The van der Waals surface area contributed by atoms with E-state index in [9.17, 15) is 14.5 Å². The van der Waals surface area contributed by atoms with Crippen molar-refractivity contribution in [2.45, 2.75) is 0 Å². The van der Waals surface area contributed by atoms with Crippen LogP contribution >= 0.6 is 15.9 Å². The van der Waals surface area contributed by atoms with E-state index < -0.39 is 10.7 Å². The highest BCUT2D eigenvalue weighted by atomic mass is 79.9. The number of nitro benzene ring substituents is 1. The van der Waals surface area contributed by atoms with Crippen molar-refractivity contribution in [1.82, 2.24) is 0 Å². The summed E-state index contributed by atoms with van der Waals surface area (Å²) in [5, 5.41) is 10.2. The topological polar surface area (TPSA) is 69.2 Å². The normalized spacial score (nSPS) is 9.83. The van der Waals surface area contributed by atoms with Gasteiger partial charge in [-0.15, -0.1) is 0 Å². The van der Waals surface area contributed by atoms with Crippen LogP contribution < -0.4 is 5.73 Å². The fraction of sp³-hybridized carbons (Fsp3) is 0. The van der Waals surface area contributed by atoms with Gasteiger partial charge in [-0.1, -0.05) is 0 Å². The second-order valence-electron chi connectivity index (χ2n) is 2.09. The first-order valence-electron chi connectivity index (χ1n) is 2.91. The van der Waals surface area contributed by atoms with E-state index in [1.165, 1.54) is 0 Å². The summed E-state index contributed by atoms with van der Waals surface area (Å²) in [4.78, 5) is 9.48. The molecular weight excluding hydrogens is 231 g/mol. The summed E-state index contributed by atoms with van der Waals surface area (Å²) in [6.45, 7) is 0. The van der Waals surface area contributed by atoms with Crippen LogP contribution in [0.15, 0.2) is 16.6 Å². The number of benzene rings is 1. The number of non-ortho nitro benzene ring substituents is 1. The van der Waals surface area contributed by atoms with Crippen molar-refractivity contribution in [2.75, 3.05) is 5.73 Å². The van der Waals surface area contributed by atoms with Gasteiger partial charge in [0.05, 0.1) is 21.1 Å². The van der Waals surface area contributed by atoms with E-state index in [1.54, 1.807) is 0 Å². The smallest absolute Gasteiger partial charge is 0.274 e. The molecule has 0 saturated heterocycles. The minimum atomic E-state index is -0.735. The molecule has 1 aromatic carbocycles. The molecule has 0 aliphatic carbocycles. The summed E-state index contributed by atoms with van der Waals surface area (Å²) >= 11 is 2.84. The minimum Gasteiger partial charge on any atom is -0.398 e. The lowest BCUT2D eigenvalue weighted by atomic mass is 10.3. The van der Waals surface area contributed by atoms with Gasteiger partial charge in [0, 0.05) is 6.07 Å².